The third-order valence-corrected chi connectivity index (χ3v) is 3.84. The molecule has 2 aromatic heterocycles. The van der Waals surface area contributed by atoms with Gasteiger partial charge in [0.2, 0.25) is 0 Å². The smallest absolute Gasteiger partial charge is 0.157 e. The quantitative estimate of drug-likeness (QED) is 0.804. The van der Waals surface area contributed by atoms with E-state index in [2.05, 4.69) is 15.4 Å². The Balaban J connectivity index is 2.04. The predicted molar refractivity (Wildman–Crippen MR) is 74.7 cm³/mol. The Morgan fingerprint density at radius 1 is 1.42 bits per heavy atom. The van der Waals surface area contributed by atoms with Crippen LogP contribution in [0.1, 0.15) is 11.3 Å². The summed E-state index contributed by atoms with van der Waals surface area (Å²) in [6.07, 6.45) is 3.03. The molecule has 7 heteroatoms. The summed E-state index contributed by atoms with van der Waals surface area (Å²) in [4.78, 5) is 4.37. The van der Waals surface area contributed by atoms with Crippen LogP contribution in [-0.2, 0) is 23.4 Å². The van der Waals surface area contributed by atoms with Crippen LogP contribution in [0.15, 0.2) is 12.3 Å². The number of rotatable bonds is 5. The molecule has 6 nitrogen and oxygen atoms in total. The van der Waals surface area contributed by atoms with E-state index in [9.17, 15) is 8.42 Å². The zero-order valence-corrected chi connectivity index (χ0v) is 12.2. The molecule has 0 amide bonds. The number of nitrogens with one attached hydrogen (secondary N) is 1. The van der Waals surface area contributed by atoms with Crippen molar-refractivity contribution in [1.29, 1.82) is 0 Å². The van der Waals surface area contributed by atoms with Crippen LogP contribution in [0.5, 0.6) is 0 Å². The van der Waals surface area contributed by atoms with Crippen molar-refractivity contribution in [3.8, 4) is 0 Å². The van der Waals surface area contributed by atoms with Crippen LogP contribution in [0.25, 0.3) is 11.0 Å². The van der Waals surface area contributed by atoms with Gasteiger partial charge in [-0.05, 0) is 18.6 Å². The Hall–Kier alpha value is -1.47. The van der Waals surface area contributed by atoms with Gasteiger partial charge >= 0.3 is 0 Å². The molecule has 0 aromatic carbocycles. The van der Waals surface area contributed by atoms with Crippen molar-refractivity contribution in [2.45, 2.75) is 13.5 Å². The molecule has 0 bridgehead atoms. The van der Waals surface area contributed by atoms with Gasteiger partial charge in [-0.3, -0.25) is 4.68 Å². The van der Waals surface area contributed by atoms with Crippen LogP contribution in [0.4, 0.5) is 0 Å². The molecule has 0 saturated heterocycles. The Morgan fingerprint density at radius 2 is 2.16 bits per heavy atom. The van der Waals surface area contributed by atoms with E-state index in [1.165, 1.54) is 6.26 Å². The van der Waals surface area contributed by atoms with Gasteiger partial charge in [-0.25, -0.2) is 13.4 Å². The van der Waals surface area contributed by atoms with Gasteiger partial charge in [0.1, 0.15) is 9.84 Å². The lowest BCUT2D eigenvalue weighted by molar-refractivity contribution is 0.596. The highest BCUT2D eigenvalue weighted by Crippen LogP contribution is 2.16. The number of sulfone groups is 1. The van der Waals surface area contributed by atoms with E-state index >= 15 is 0 Å². The fourth-order valence-corrected chi connectivity index (χ4v) is 2.45. The zero-order valence-electron chi connectivity index (χ0n) is 11.3. The van der Waals surface area contributed by atoms with Crippen molar-refractivity contribution >= 4 is 20.9 Å². The average Bonchev–Trinajstić information content (AvgIpc) is 2.59. The van der Waals surface area contributed by atoms with E-state index in [1.54, 1.807) is 10.9 Å². The molecule has 0 radical (unpaired) electrons. The summed E-state index contributed by atoms with van der Waals surface area (Å²) in [5.41, 5.74) is 2.83. The summed E-state index contributed by atoms with van der Waals surface area (Å²) in [7, 11) is -1.04. The maximum atomic E-state index is 11.0. The highest BCUT2D eigenvalue weighted by Gasteiger charge is 2.07. The van der Waals surface area contributed by atoms with Gasteiger partial charge < -0.3 is 5.32 Å². The average molecular weight is 282 g/mol. The number of fused-ring (bicyclic) bond motifs is 1. The number of aryl methyl sites for hydroxylation is 2. The van der Waals surface area contributed by atoms with Crippen molar-refractivity contribution in [1.82, 2.24) is 20.1 Å². The van der Waals surface area contributed by atoms with Crippen molar-refractivity contribution in [2.24, 2.45) is 7.05 Å². The Bertz CT molecular complexity index is 691. The monoisotopic (exact) mass is 282 g/mol. The predicted octanol–water partition coefficient (Wildman–Crippen LogP) is 0.411. The molecule has 0 atom stereocenters. The number of hydrogen-bond donors (Lipinski definition) is 1. The Morgan fingerprint density at radius 3 is 2.84 bits per heavy atom. The summed E-state index contributed by atoms with van der Waals surface area (Å²) in [5.74, 6) is 0.147. The van der Waals surface area contributed by atoms with Crippen molar-refractivity contribution < 1.29 is 8.42 Å². The largest absolute Gasteiger partial charge is 0.312 e. The van der Waals surface area contributed by atoms with Crippen molar-refractivity contribution in [3.63, 3.8) is 0 Å². The molecule has 0 saturated carbocycles. The lowest BCUT2D eigenvalue weighted by atomic mass is 10.2. The molecular formula is C12H18N4O2S. The second-order valence-electron chi connectivity index (χ2n) is 4.73. The summed E-state index contributed by atoms with van der Waals surface area (Å²) in [5, 5.41) is 8.45. The van der Waals surface area contributed by atoms with E-state index in [1.807, 2.05) is 20.0 Å². The normalized spacial score (nSPS) is 12.2. The SMILES string of the molecule is Cc1nn(C)c2ncc(CNCCS(C)(=O)=O)cc12. The first-order chi connectivity index (χ1) is 8.87. The van der Waals surface area contributed by atoms with E-state index in [4.69, 9.17) is 0 Å². The minimum atomic E-state index is -2.91. The zero-order chi connectivity index (χ0) is 14.0. The molecule has 0 aliphatic rings. The summed E-state index contributed by atoms with van der Waals surface area (Å²) >= 11 is 0. The molecule has 0 aliphatic carbocycles. The minimum Gasteiger partial charge on any atom is -0.312 e. The number of aromatic nitrogens is 3. The molecule has 1 N–H and O–H groups in total. The van der Waals surface area contributed by atoms with Gasteiger partial charge in [0, 0.05) is 38.0 Å². The van der Waals surface area contributed by atoms with E-state index < -0.39 is 9.84 Å². The van der Waals surface area contributed by atoms with E-state index in [0.29, 0.717) is 13.1 Å². The first kappa shape index (κ1) is 14.0. The number of nitrogens with zero attached hydrogens (tertiary/aromatic N) is 3. The number of pyridine rings is 1. The second kappa shape index (κ2) is 5.26. The summed E-state index contributed by atoms with van der Waals surface area (Å²) < 4.78 is 23.8. The van der Waals surface area contributed by atoms with Gasteiger partial charge in [-0.2, -0.15) is 5.10 Å². The van der Waals surface area contributed by atoms with Gasteiger partial charge in [-0.1, -0.05) is 0 Å². The van der Waals surface area contributed by atoms with Gasteiger partial charge in [0.25, 0.3) is 0 Å². The first-order valence-corrected chi connectivity index (χ1v) is 8.09. The van der Waals surface area contributed by atoms with Crippen LogP contribution in [0, 0.1) is 6.92 Å². The maximum absolute atomic E-state index is 11.0. The standard InChI is InChI=1S/C12H18N4O2S/c1-9-11-6-10(7-13-4-5-19(3,17)18)8-14-12(11)16(2)15-9/h6,8,13H,4-5,7H2,1-3H3. The molecule has 0 unspecified atom stereocenters. The fraction of sp³-hybridized carbons (Fsp3) is 0.500. The van der Waals surface area contributed by atoms with Gasteiger partial charge in [-0.15, -0.1) is 0 Å². The summed E-state index contributed by atoms with van der Waals surface area (Å²) in [6.45, 7) is 3.00. The first-order valence-electron chi connectivity index (χ1n) is 6.03. The van der Waals surface area contributed by atoms with Gasteiger partial charge in [0.15, 0.2) is 5.65 Å². The molecule has 0 spiro atoms. The Labute approximate surface area is 112 Å². The molecule has 2 heterocycles. The highest BCUT2D eigenvalue weighted by atomic mass is 32.2. The molecular weight excluding hydrogens is 264 g/mol. The third kappa shape index (κ3) is 3.51. The van der Waals surface area contributed by atoms with E-state index in [-0.39, 0.29) is 5.75 Å². The maximum Gasteiger partial charge on any atom is 0.157 e. The lowest BCUT2D eigenvalue weighted by Crippen LogP contribution is -2.22. The second-order valence-corrected chi connectivity index (χ2v) is 6.99. The fourth-order valence-electron chi connectivity index (χ4n) is 1.94. The topological polar surface area (TPSA) is 76.9 Å². The van der Waals surface area contributed by atoms with Crippen LogP contribution >= 0.6 is 0 Å². The highest BCUT2D eigenvalue weighted by molar-refractivity contribution is 7.90. The molecule has 2 aromatic rings. The van der Waals surface area contributed by atoms with Crippen molar-refractivity contribution in [3.05, 3.63) is 23.5 Å². The van der Waals surface area contributed by atoms with Crippen molar-refractivity contribution in [2.75, 3.05) is 18.6 Å². The van der Waals surface area contributed by atoms with Crippen LogP contribution < -0.4 is 5.32 Å². The molecule has 2 rings (SSSR count). The Kier molecular flexibility index (Phi) is 3.86. The molecule has 19 heavy (non-hydrogen) atoms. The van der Waals surface area contributed by atoms with E-state index in [0.717, 1.165) is 22.3 Å². The lowest BCUT2D eigenvalue weighted by Gasteiger charge is -2.04. The molecule has 104 valence electrons. The van der Waals surface area contributed by atoms with Crippen LogP contribution in [-0.4, -0.2) is 41.7 Å². The summed E-state index contributed by atoms with van der Waals surface area (Å²) in [6, 6.07) is 2.04. The van der Waals surface area contributed by atoms with Crippen LogP contribution in [0.2, 0.25) is 0 Å². The third-order valence-electron chi connectivity index (χ3n) is 2.90. The van der Waals surface area contributed by atoms with Gasteiger partial charge in [0.05, 0.1) is 11.4 Å². The van der Waals surface area contributed by atoms with Crippen LogP contribution in [0.3, 0.4) is 0 Å². The number of hydrogen-bond acceptors (Lipinski definition) is 5. The molecule has 0 fully saturated rings. The minimum absolute atomic E-state index is 0.147. The molecule has 0 aliphatic heterocycles.